The number of rotatable bonds is 6. The number of carbonyl (C=O) groups excluding carboxylic acids is 3. The SMILES string of the molecule is CCOC(=O)c1c[nH]c(C(=O)Nc2cc(C(=O)NOC)ccc2C)c1C. The molecule has 0 saturated carbocycles. The van der Waals surface area contributed by atoms with E-state index >= 15 is 0 Å². The number of nitrogens with one attached hydrogen (secondary N) is 3. The number of esters is 1. The molecule has 0 aliphatic heterocycles. The third-order valence-corrected chi connectivity index (χ3v) is 3.80. The zero-order valence-corrected chi connectivity index (χ0v) is 15.1. The van der Waals surface area contributed by atoms with Gasteiger partial charge in [0.1, 0.15) is 5.69 Å². The molecule has 8 nitrogen and oxygen atoms in total. The number of H-pyrrole nitrogens is 1. The lowest BCUT2D eigenvalue weighted by Gasteiger charge is -2.10. The van der Waals surface area contributed by atoms with Crippen molar-refractivity contribution in [3.05, 3.63) is 52.3 Å². The number of benzene rings is 1. The maximum absolute atomic E-state index is 12.6. The number of carbonyl (C=O) groups is 3. The summed E-state index contributed by atoms with van der Waals surface area (Å²) in [7, 11) is 1.34. The number of hydrogen-bond donors (Lipinski definition) is 3. The second kappa shape index (κ2) is 8.30. The highest BCUT2D eigenvalue weighted by Gasteiger charge is 2.20. The van der Waals surface area contributed by atoms with Crippen LogP contribution < -0.4 is 10.8 Å². The lowest BCUT2D eigenvalue weighted by Crippen LogP contribution is -2.22. The number of amides is 2. The summed E-state index contributed by atoms with van der Waals surface area (Å²) in [5.41, 5.74) is 4.86. The first-order valence-corrected chi connectivity index (χ1v) is 7.99. The van der Waals surface area contributed by atoms with Crippen molar-refractivity contribution in [1.82, 2.24) is 10.5 Å². The first-order chi connectivity index (χ1) is 12.4. The molecule has 0 saturated heterocycles. The average Bonchev–Trinajstić information content (AvgIpc) is 2.99. The maximum atomic E-state index is 12.6. The summed E-state index contributed by atoms with van der Waals surface area (Å²) in [6.45, 7) is 5.43. The number of aryl methyl sites for hydroxylation is 1. The summed E-state index contributed by atoms with van der Waals surface area (Å²) < 4.78 is 4.96. The van der Waals surface area contributed by atoms with E-state index in [2.05, 4.69) is 20.6 Å². The maximum Gasteiger partial charge on any atom is 0.339 e. The number of anilines is 1. The molecule has 3 N–H and O–H groups in total. The van der Waals surface area contributed by atoms with Crippen LogP contribution in [0.1, 0.15) is 49.3 Å². The van der Waals surface area contributed by atoms with Gasteiger partial charge in [-0.15, -0.1) is 0 Å². The van der Waals surface area contributed by atoms with Crippen LogP contribution in [0.15, 0.2) is 24.4 Å². The quantitative estimate of drug-likeness (QED) is 0.542. The van der Waals surface area contributed by atoms with E-state index in [4.69, 9.17) is 4.74 Å². The minimum Gasteiger partial charge on any atom is -0.462 e. The van der Waals surface area contributed by atoms with Crippen LogP contribution in [-0.2, 0) is 9.57 Å². The molecule has 0 fully saturated rings. The molecule has 2 aromatic rings. The van der Waals surface area contributed by atoms with E-state index in [0.29, 0.717) is 22.4 Å². The van der Waals surface area contributed by atoms with Gasteiger partial charge in [-0.25, -0.2) is 10.3 Å². The molecular formula is C18H21N3O5. The van der Waals surface area contributed by atoms with Crippen molar-refractivity contribution in [3.8, 4) is 0 Å². The fourth-order valence-electron chi connectivity index (χ4n) is 2.39. The fourth-order valence-corrected chi connectivity index (χ4v) is 2.39. The summed E-state index contributed by atoms with van der Waals surface area (Å²) in [5, 5.41) is 2.75. The first-order valence-electron chi connectivity index (χ1n) is 7.99. The normalized spacial score (nSPS) is 10.3. The van der Waals surface area contributed by atoms with E-state index in [1.807, 2.05) is 0 Å². The monoisotopic (exact) mass is 359 g/mol. The van der Waals surface area contributed by atoms with Gasteiger partial charge in [-0.2, -0.15) is 0 Å². The molecule has 2 rings (SSSR count). The third kappa shape index (κ3) is 4.09. The molecule has 0 spiro atoms. The standard InChI is InChI=1S/C18H21N3O5/c1-5-26-18(24)13-9-19-15(11(13)3)17(23)20-14-8-12(7-6-10(14)2)16(22)21-25-4/h6-9,19H,5H2,1-4H3,(H,20,23)(H,21,22). The molecule has 0 bridgehead atoms. The van der Waals surface area contributed by atoms with Gasteiger partial charge in [0.15, 0.2) is 0 Å². The number of ether oxygens (including phenoxy) is 1. The average molecular weight is 359 g/mol. The van der Waals surface area contributed by atoms with E-state index < -0.39 is 17.8 Å². The molecule has 1 aromatic carbocycles. The Labute approximate surface area is 150 Å². The number of hydroxylamine groups is 1. The molecule has 2 amide bonds. The van der Waals surface area contributed by atoms with Crippen molar-refractivity contribution in [1.29, 1.82) is 0 Å². The summed E-state index contributed by atoms with van der Waals surface area (Å²) in [6, 6.07) is 4.88. The van der Waals surface area contributed by atoms with Gasteiger partial charge in [0, 0.05) is 17.4 Å². The Kier molecular flexibility index (Phi) is 6.13. The van der Waals surface area contributed by atoms with Gasteiger partial charge in [-0.1, -0.05) is 6.07 Å². The van der Waals surface area contributed by atoms with Gasteiger partial charge >= 0.3 is 5.97 Å². The van der Waals surface area contributed by atoms with E-state index in [1.165, 1.54) is 13.3 Å². The Morgan fingerprint density at radius 3 is 2.54 bits per heavy atom. The van der Waals surface area contributed by atoms with E-state index in [1.54, 1.807) is 39.0 Å². The van der Waals surface area contributed by atoms with Gasteiger partial charge in [0.25, 0.3) is 11.8 Å². The van der Waals surface area contributed by atoms with Crippen molar-refractivity contribution in [2.24, 2.45) is 0 Å². The van der Waals surface area contributed by atoms with Gasteiger partial charge in [0.05, 0.1) is 19.3 Å². The second-order valence-electron chi connectivity index (χ2n) is 5.54. The topological polar surface area (TPSA) is 110 Å². The summed E-state index contributed by atoms with van der Waals surface area (Å²) in [4.78, 5) is 43.7. The third-order valence-electron chi connectivity index (χ3n) is 3.80. The minimum atomic E-state index is -0.491. The van der Waals surface area contributed by atoms with Gasteiger partial charge in [-0.3, -0.25) is 14.4 Å². The van der Waals surface area contributed by atoms with Gasteiger partial charge in [-0.05, 0) is 44.0 Å². The van der Waals surface area contributed by atoms with Crippen molar-refractivity contribution < 1.29 is 24.0 Å². The molecule has 1 aromatic heterocycles. The number of aromatic amines is 1. The highest BCUT2D eigenvalue weighted by Crippen LogP contribution is 2.20. The van der Waals surface area contributed by atoms with Gasteiger partial charge < -0.3 is 15.0 Å². The Hall–Kier alpha value is -3.13. The second-order valence-corrected chi connectivity index (χ2v) is 5.54. The van der Waals surface area contributed by atoms with Crippen LogP contribution in [0.25, 0.3) is 0 Å². The number of hydrogen-bond acceptors (Lipinski definition) is 5. The van der Waals surface area contributed by atoms with Crippen LogP contribution in [0.3, 0.4) is 0 Å². The van der Waals surface area contributed by atoms with E-state index in [0.717, 1.165) is 5.56 Å². The lowest BCUT2D eigenvalue weighted by molar-refractivity contribution is 0.0523. The van der Waals surface area contributed by atoms with Crippen molar-refractivity contribution in [2.45, 2.75) is 20.8 Å². The van der Waals surface area contributed by atoms with Crippen LogP contribution >= 0.6 is 0 Å². The first kappa shape index (κ1) is 19.2. The molecule has 0 atom stereocenters. The predicted molar refractivity (Wildman–Crippen MR) is 95.1 cm³/mol. The highest BCUT2D eigenvalue weighted by molar-refractivity contribution is 6.07. The molecule has 26 heavy (non-hydrogen) atoms. The molecule has 0 unspecified atom stereocenters. The molecule has 0 radical (unpaired) electrons. The van der Waals surface area contributed by atoms with E-state index in [-0.39, 0.29) is 12.3 Å². The minimum absolute atomic E-state index is 0.249. The lowest BCUT2D eigenvalue weighted by atomic mass is 10.1. The van der Waals surface area contributed by atoms with Crippen LogP contribution in [0.5, 0.6) is 0 Å². The highest BCUT2D eigenvalue weighted by atomic mass is 16.6. The van der Waals surface area contributed by atoms with Crippen molar-refractivity contribution in [2.75, 3.05) is 19.0 Å². The van der Waals surface area contributed by atoms with Crippen LogP contribution in [0.2, 0.25) is 0 Å². The summed E-state index contributed by atoms with van der Waals surface area (Å²) in [5.74, 6) is -1.34. The van der Waals surface area contributed by atoms with Crippen molar-refractivity contribution >= 4 is 23.5 Å². The van der Waals surface area contributed by atoms with Crippen LogP contribution in [-0.4, -0.2) is 36.5 Å². The predicted octanol–water partition coefficient (Wildman–Crippen LogP) is 2.35. The zero-order valence-electron chi connectivity index (χ0n) is 15.1. The molecule has 1 heterocycles. The molecule has 0 aliphatic carbocycles. The Morgan fingerprint density at radius 1 is 1.15 bits per heavy atom. The number of aromatic nitrogens is 1. The fraction of sp³-hybridized carbons (Fsp3) is 0.278. The van der Waals surface area contributed by atoms with E-state index in [9.17, 15) is 14.4 Å². The van der Waals surface area contributed by atoms with Crippen molar-refractivity contribution in [3.63, 3.8) is 0 Å². The molecule has 0 aliphatic rings. The Bertz CT molecular complexity index is 841. The summed E-state index contributed by atoms with van der Waals surface area (Å²) in [6.07, 6.45) is 1.44. The Balaban J connectivity index is 2.24. The molecule has 8 heteroatoms. The van der Waals surface area contributed by atoms with Crippen LogP contribution in [0.4, 0.5) is 5.69 Å². The summed E-state index contributed by atoms with van der Waals surface area (Å²) >= 11 is 0. The molecular weight excluding hydrogens is 338 g/mol. The Morgan fingerprint density at radius 2 is 1.88 bits per heavy atom. The zero-order chi connectivity index (χ0) is 19.3. The molecule has 138 valence electrons. The smallest absolute Gasteiger partial charge is 0.339 e. The van der Waals surface area contributed by atoms with Crippen LogP contribution in [0, 0.1) is 13.8 Å². The van der Waals surface area contributed by atoms with Gasteiger partial charge in [0.2, 0.25) is 0 Å². The largest absolute Gasteiger partial charge is 0.462 e.